The van der Waals surface area contributed by atoms with Gasteiger partial charge in [0.15, 0.2) is 0 Å². The Morgan fingerprint density at radius 1 is 1.07 bits per heavy atom. The first-order valence-electron chi connectivity index (χ1n) is 9.23. The van der Waals surface area contributed by atoms with E-state index in [1.807, 2.05) is 6.92 Å². The lowest BCUT2D eigenvalue weighted by atomic mass is 9.97. The maximum absolute atomic E-state index is 13.1. The minimum absolute atomic E-state index is 0.135. The van der Waals surface area contributed by atoms with Gasteiger partial charge in [-0.15, -0.1) is 0 Å². The van der Waals surface area contributed by atoms with Crippen molar-refractivity contribution in [2.24, 2.45) is 5.92 Å². The molecule has 1 N–H and O–H groups in total. The van der Waals surface area contributed by atoms with E-state index in [2.05, 4.69) is 5.32 Å². The number of anilines is 1. The summed E-state index contributed by atoms with van der Waals surface area (Å²) in [5.41, 5.74) is 1.19. The Balaban J connectivity index is 1.69. The molecule has 1 fully saturated rings. The number of halogens is 3. The fourth-order valence-corrected chi connectivity index (χ4v) is 5.64. The number of sulfonamides is 1. The van der Waals surface area contributed by atoms with E-state index < -0.39 is 10.0 Å². The molecule has 3 rings (SSSR count). The van der Waals surface area contributed by atoms with E-state index in [9.17, 15) is 13.2 Å². The summed E-state index contributed by atoms with van der Waals surface area (Å²) >= 11 is 18.0. The zero-order valence-electron chi connectivity index (χ0n) is 16.4. The van der Waals surface area contributed by atoms with Crippen LogP contribution < -0.4 is 10.1 Å². The predicted molar refractivity (Wildman–Crippen MR) is 119 cm³/mol. The molecular weight excluding hydrogens is 471 g/mol. The molecule has 2 aromatic carbocycles. The average Bonchev–Trinajstić information content (AvgIpc) is 2.72. The summed E-state index contributed by atoms with van der Waals surface area (Å²) < 4.78 is 32.8. The molecule has 1 aliphatic heterocycles. The van der Waals surface area contributed by atoms with E-state index in [0.717, 1.165) is 5.56 Å². The zero-order chi connectivity index (χ0) is 22.1. The first kappa shape index (κ1) is 23.2. The molecule has 162 valence electrons. The first-order valence-corrected chi connectivity index (χ1v) is 11.8. The Hall–Kier alpha value is -1.51. The quantitative estimate of drug-likeness (QED) is 0.597. The van der Waals surface area contributed by atoms with Gasteiger partial charge in [0, 0.05) is 19.0 Å². The number of rotatable bonds is 5. The van der Waals surface area contributed by atoms with Crippen molar-refractivity contribution in [1.29, 1.82) is 0 Å². The van der Waals surface area contributed by atoms with Gasteiger partial charge in [-0.2, -0.15) is 4.31 Å². The van der Waals surface area contributed by atoms with Crippen molar-refractivity contribution in [3.63, 3.8) is 0 Å². The molecule has 10 heteroatoms. The molecule has 0 bridgehead atoms. The number of piperidine rings is 1. The van der Waals surface area contributed by atoms with Crippen molar-refractivity contribution in [3.8, 4) is 5.75 Å². The Morgan fingerprint density at radius 3 is 2.33 bits per heavy atom. The number of nitrogens with zero attached hydrogens (tertiary/aromatic N) is 1. The normalized spacial score (nSPS) is 15.8. The number of hydrogen-bond donors (Lipinski definition) is 1. The molecule has 1 amide bonds. The van der Waals surface area contributed by atoms with Crippen LogP contribution in [0.25, 0.3) is 0 Å². The van der Waals surface area contributed by atoms with Crippen LogP contribution in [0.5, 0.6) is 5.75 Å². The zero-order valence-corrected chi connectivity index (χ0v) is 19.5. The number of aryl methyl sites for hydroxylation is 1. The standard InChI is InChI=1S/C20H21Cl3N2O4S/c1-12-3-4-18(29-2)19(9-12)30(27,28)25-7-5-13(6-8-25)20(26)24-17-11-15(22)14(21)10-16(17)23/h3-4,9-11,13H,5-8H2,1-2H3,(H,24,26). The molecule has 1 aliphatic rings. The van der Waals surface area contributed by atoms with E-state index in [1.165, 1.54) is 23.5 Å². The number of hydrogen-bond acceptors (Lipinski definition) is 4. The highest BCUT2D eigenvalue weighted by Gasteiger charge is 2.34. The Bertz CT molecular complexity index is 1070. The minimum Gasteiger partial charge on any atom is -0.495 e. The Kier molecular flexibility index (Phi) is 7.20. The molecule has 1 heterocycles. The summed E-state index contributed by atoms with van der Waals surface area (Å²) in [6.07, 6.45) is 0.774. The molecule has 0 saturated carbocycles. The van der Waals surface area contributed by atoms with Gasteiger partial charge in [0.2, 0.25) is 15.9 Å². The first-order chi connectivity index (χ1) is 14.1. The molecule has 0 atom stereocenters. The maximum Gasteiger partial charge on any atom is 0.246 e. The van der Waals surface area contributed by atoms with E-state index in [-0.39, 0.29) is 39.9 Å². The number of carbonyl (C=O) groups is 1. The average molecular weight is 492 g/mol. The van der Waals surface area contributed by atoms with Crippen LogP contribution in [0.4, 0.5) is 5.69 Å². The van der Waals surface area contributed by atoms with E-state index in [0.29, 0.717) is 29.3 Å². The second kappa shape index (κ2) is 9.32. The molecular formula is C20H21Cl3N2O4S. The van der Waals surface area contributed by atoms with Crippen LogP contribution in [0.1, 0.15) is 18.4 Å². The number of benzene rings is 2. The van der Waals surface area contributed by atoms with Crippen LogP contribution in [0, 0.1) is 12.8 Å². The van der Waals surface area contributed by atoms with E-state index in [1.54, 1.807) is 18.2 Å². The number of ether oxygens (including phenoxy) is 1. The highest BCUT2D eigenvalue weighted by Crippen LogP contribution is 2.34. The van der Waals surface area contributed by atoms with Gasteiger partial charge in [-0.3, -0.25) is 4.79 Å². The molecule has 0 radical (unpaired) electrons. The fraction of sp³-hybridized carbons (Fsp3) is 0.350. The van der Waals surface area contributed by atoms with Gasteiger partial charge in [0.05, 0.1) is 27.9 Å². The third-order valence-corrected chi connectivity index (χ3v) is 7.98. The molecule has 0 unspecified atom stereocenters. The number of carbonyl (C=O) groups excluding carboxylic acids is 1. The van der Waals surface area contributed by atoms with Crippen LogP contribution in [0.2, 0.25) is 15.1 Å². The van der Waals surface area contributed by atoms with Gasteiger partial charge >= 0.3 is 0 Å². The van der Waals surface area contributed by atoms with Gasteiger partial charge in [0.25, 0.3) is 0 Å². The van der Waals surface area contributed by atoms with Gasteiger partial charge in [-0.25, -0.2) is 8.42 Å². The molecule has 1 saturated heterocycles. The van der Waals surface area contributed by atoms with Crippen molar-refractivity contribution >= 4 is 56.4 Å². The van der Waals surface area contributed by atoms with Gasteiger partial charge in [-0.05, 0) is 49.6 Å². The number of nitrogens with one attached hydrogen (secondary N) is 1. The van der Waals surface area contributed by atoms with Crippen molar-refractivity contribution in [3.05, 3.63) is 51.0 Å². The largest absolute Gasteiger partial charge is 0.495 e. The summed E-state index contributed by atoms with van der Waals surface area (Å²) in [4.78, 5) is 12.8. The van der Waals surface area contributed by atoms with Crippen LogP contribution >= 0.6 is 34.8 Å². The minimum atomic E-state index is -3.73. The smallest absolute Gasteiger partial charge is 0.246 e. The summed E-state index contributed by atoms with van der Waals surface area (Å²) in [5, 5.41) is 3.62. The highest BCUT2D eigenvalue weighted by molar-refractivity contribution is 7.89. The highest BCUT2D eigenvalue weighted by atomic mass is 35.5. The van der Waals surface area contributed by atoms with Crippen molar-refractivity contribution in [1.82, 2.24) is 4.31 Å². The fourth-order valence-electron chi connectivity index (χ4n) is 3.34. The molecule has 30 heavy (non-hydrogen) atoms. The van der Waals surface area contributed by atoms with E-state index in [4.69, 9.17) is 39.5 Å². The summed E-state index contributed by atoms with van der Waals surface area (Å²) in [6, 6.07) is 7.99. The monoisotopic (exact) mass is 490 g/mol. The number of methoxy groups -OCH3 is 1. The van der Waals surface area contributed by atoms with Crippen LogP contribution in [0.15, 0.2) is 35.2 Å². The van der Waals surface area contributed by atoms with Crippen LogP contribution in [0.3, 0.4) is 0 Å². The van der Waals surface area contributed by atoms with Crippen LogP contribution in [-0.2, 0) is 14.8 Å². The second-order valence-corrected chi connectivity index (χ2v) is 10.2. The molecule has 0 aliphatic carbocycles. The third-order valence-electron chi connectivity index (χ3n) is 5.03. The molecule has 0 aromatic heterocycles. The lowest BCUT2D eigenvalue weighted by Crippen LogP contribution is -2.41. The van der Waals surface area contributed by atoms with Gasteiger partial charge < -0.3 is 10.1 Å². The predicted octanol–water partition coefficient (Wildman–Crippen LogP) is 5.00. The van der Waals surface area contributed by atoms with Crippen molar-refractivity contribution in [2.75, 3.05) is 25.5 Å². The lowest BCUT2D eigenvalue weighted by Gasteiger charge is -2.31. The maximum atomic E-state index is 13.1. The second-order valence-electron chi connectivity index (χ2n) is 7.07. The summed E-state index contributed by atoms with van der Waals surface area (Å²) in [6.45, 7) is 2.28. The third kappa shape index (κ3) is 4.86. The van der Waals surface area contributed by atoms with E-state index >= 15 is 0 Å². The van der Waals surface area contributed by atoms with Crippen molar-refractivity contribution < 1.29 is 17.9 Å². The van der Waals surface area contributed by atoms with Gasteiger partial charge in [-0.1, -0.05) is 40.9 Å². The molecule has 0 spiro atoms. The van der Waals surface area contributed by atoms with Crippen molar-refractivity contribution in [2.45, 2.75) is 24.7 Å². The topological polar surface area (TPSA) is 75.7 Å². The van der Waals surface area contributed by atoms with Crippen LogP contribution in [-0.4, -0.2) is 38.8 Å². The van der Waals surface area contributed by atoms with Gasteiger partial charge in [0.1, 0.15) is 10.6 Å². The molecule has 2 aromatic rings. The SMILES string of the molecule is COc1ccc(C)cc1S(=O)(=O)N1CCC(C(=O)Nc2cc(Cl)c(Cl)cc2Cl)CC1. The lowest BCUT2D eigenvalue weighted by molar-refractivity contribution is -0.120. The summed E-state index contributed by atoms with van der Waals surface area (Å²) in [5.74, 6) is -0.281. The Morgan fingerprint density at radius 2 is 1.70 bits per heavy atom. The summed E-state index contributed by atoms with van der Waals surface area (Å²) in [7, 11) is -2.29. The number of amides is 1. The Labute approximate surface area is 191 Å². The molecule has 6 nitrogen and oxygen atoms in total.